The number of pyridine rings is 1. The third kappa shape index (κ3) is 3.02. The predicted octanol–water partition coefficient (Wildman–Crippen LogP) is 3.61. The summed E-state index contributed by atoms with van der Waals surface area (Å²) in [6.45, 7) is 0.697. The molecule has 1 atom stereocenters. The van der Waals surface area contributed by atoms with Gasteiger partial charge >= 0.3 is 0 Å². The van der Waals surface area contributed by atoms with Gasteiger partial charge in [0.15, 0.2) is 5.78 Å². The van der Waals surface area contributed by atoms with Crippen molar-refractivity contribution in [2.75, 3.05) is 18.1 Å². The first-order chi connectivity index (χ1) is 9.69. The molecule has 2 aliphatic rings. The zero-order chi connectivity index (χ0) is 14.0. The van der Waals surface area contributed by atoms with E-state index in [4.69, 9.17) is 16.3 Å². The van der Waals surface area contributed by atoms with Crippen molar-refractivity contribution in [2.24, 2.45) is 5.92 Å². The highest BCUT2D eigenvalue weighted by molar-refractivity contribution is 7.99. The van der Waals surface area contributed by atoms with Crippen LogP contribution in [0.2, 0.25) is 5.15 Å². The minimum atomic E-state index is -0.0519. The van der Waals surface area contributed by atoms with Gasteiger partial charge in [0.2, 0.25) is 0 Å². The summed E-state index contributed by atoms with van der Waals surface area (Å²) in [6, 6.07) is 3.46. The molecule has 0 saturated carbocycles. The number of halogens is 1. The topological polar surface area (TPSA) is 39.2 Å². The fraction of sp³-hybridized carbons (Fsp3) is 0.600. The van der Waals surface area contributed by atoms with Gasteiger partial charge in [0.25, 0.3) is 0 Å². The van der Waals surface area contributed by atoms with E-state index in [1.165, 1.54) is 0 Å². The zero-order valence-corrected chi connectivity index (χ0v) is 12.9. The molecule has 0 N–H and O–H groups in total. The minimum Gasteiger partial charge on any atom is -0.375 e. The Morgan fingerprint density at radius 2 is 2.20 bits per heavy atom. The van der Waals surface area contributed by atoms with Crippen molar-refractivity contribution in [1.29, 1.82) is 0 Å². The number of nitrogens with zero attached hydrogens (tertiary/aromatic N) is 1. The van der Waals surface area contributed by atoms with Crippen LogP contribution in [-0.2, 0) is 4.74 Å². The summed E-state index contributed by atoms with van der Waals surface area (Å²) in [5.74, 6) is 2.54. The first-order valence-electron chi connectivity index (χ1n) is 7.06. The fourth-order valence-electron chi connectivity index (χ4n) is 3.10. The monoisotopic (exact) mass is 311 g/mol. The highest BCUT2D eigenvalue weighted by Gasteiger charge is 2.41. The van der Waals surface area contributed by atoms with Gasteiger partial charge < -0.3 is 4.74 Å². The van der Waals surface area contributed by atoms with Crippen LogP contribution >= 0.6 is 23.4 Å². The molecule has 0 bridgehead atoms. The number of carbonyl (C=O) groups is 1. The van der Waals surface area contributed by atoms with Gasteiger partial charge in [-0.3, -0.25) is 4.79 Å². The maximum absolute atomic E-state index is 12.6. The van der Waals surface area contributed by atoms with Crippen molar-refractivity contribution in [1.82, 2.24) is 4.98 Å². The lowest BCUT2D eigenvalue weighted by Gasteiger charge is -2.42. The first kappa shape index (κ1) is 14.4. The summed E-state index contributed by atoms with van der Waals surface area (Å²) in [4.78, 5) is 16.6. The number of thioether (sulfide) groups is 1. The van der Waals surface area contributed by atoms with Gasteiger partial charge in [-0.05, 0) is 49.3 Å². The Morgan fingerprint density at radius 1 is 1.40 bits per heavy atom. The predicted molar refractivity (Wildman–Crippen MR) is 81.5 cm³/mol. The highest BCUT2D eigenvalue weighted by Crippen LogP contribution is 2.40. The molecule has 1 spiro atoms. The Morgan fingerprint density at radius 3 is 2.90 bits per heavy atom. The summed E-state index contributed by atoms with van der Waals surface area (Å²) < 4.78 is 6.04. The van der Waals surface area contributed by atoms with Gasteiger partial charge in [0.1, 0.15) is 5.15 Å². The average Bonchev–Trinajstić information content (AvgIpc) is 2.48. The quantitative estimate of drug-likeness (QED) is 0.618. The maximum atomic E-state index is 12.6. The molecule has 5 heteroatoms. The molecule has 0 aliphatic carbocycles. The van der Waals surface area contributed by atoms with E-state index >= 15 is 0 Å². The summed E-state index contributed by atoms with van der Waals surface area (Å²) in [5.41, 5.74) is 0.616. The minimum absolute atomic E-state index is 0.0519. The van der Waals surface area contributed by atoms with E-state index in [1.54, 1.807) is 18.3 Å². The summed E-state index contributed by atoms with van der Waals surface area (Å²) in [6.07, 6.45) is 5.40. The summed E-state index contributed by atoms with van der Waals surface area (Å²) >= 11 is 7.75. The van der Waals surface area contributed by atoms with Crippen LogP contribution in [0.15, 0.2) is 18.3 Å². The molecular formula is C15H18ClNO2S. The lowest BCUT2D eigenvalue weighted by Crippen LogP contribution is -2.44. The van der Waals surface area contributed by atoms with Crippen molar-refractivity contribution in [3.8, 4) is 0 Å². The van der Waals surface area contributed by atoms with Crippen LogP contribution in [0.1, 0.15) is 36.0 Å². The largest absolute Gasteiger partial charge is 0.375 e. The third-order valence-corrected chi connectivity index (χ3v) is 5.49. The third-order valence-electron chi connectivity index (χ3n) is 4.28. The summed E-state index contributed by atoms with van der Waals surface area (Å²) in [5, 5.41) is 0.425. The number of ketones is 1. The van der Waals surface area contributed by atoms with Crippen molar-refractivity contribution in [3.05, 3.63) is 29.0 Å². The number of ether oxygens (including phenoxy) is 1. The molecule has 3 nitrogen and oxygen atoms in total. The van der Waals surface area contributed by atoms with Gasteiger partial charge in [-0.25, -0.2) is 4.98 Å². The van der Waals surface area contributed by atoms with Crippen LogP contribution in [0.5, 0.6) is 0 Å². The number of hydrogen-bond acceptors (Lipinski definition) is 4. The molecule has 1 aromatic rings. The van der Waals surface area contributed by atoms with Gasteiger partial charge in [0, 0.05) is 24.3 Å². The molecule has 0 aromatic carbocycles. The maximum Gasteiger partial charge on any atom is 0.167 e. The second kappa shape index (κ2) is 6.04. The highest BCUT2D eigenvalue weighted by atomic mass is 35.5. The molecular weight excluding hydrogens is 294 g/mol. The van der Waals surface area contributed by atoms with E-state index in [2.05, 4.69) is 4.98 Å². The van der Waals surface area contributed by atoms with Crippen molar-refractivity contribution < 1.29 is 9.53 Å². The second-order valence-electron chi connectivity index (χ2n) is 5.57. The molecule has 20 heavy (non-hydrogen) atoms. The van der Waals surface area contributed by atoms with E-state index in [9.17, 15) is 4.79 Å². The van der Waals surface area contributed by atoms with Crippen LogP contribution in [-0.4, -0.2) is 34.5 Å². The van der Waals surface area contributed by atoms with E-state index in [0.29, 0.717) is 17.3 Å². The van der Waals surface area contributed by atoms with Crippen LogP contribution in [0.25, 0.3) is 0 Å². The molecule has 3 heterocycles. The molecule has 3 rings (SSSR count). The number of hydrogen-bond donors (Lipinski definition) is 0. The Bertz CT molecular complexity index is 480. The number of rotatable bonds is 2. The normalized spacial score (nSPS) is 25.6. The van der Waals surface area contributed by atoms with E-state index in [-0.39, 0.29) is 17.3 Å². The van der Waals surface area contributed by atoms with Crippen LogP contribution in [0.3, 0.4) is 0 Å². The van der Waals surface area contributed by atoms with E-state index in [1.807, 2.05) is 11.8 Å². The van der Waals surface area contributed by atoms with Crippen molar-refractivity contribution >= 4 is 29.1 Å². The molecule has 0 amide bonds. The Balaban J connectivity index is 1.73. The lowest BCUT2D eigenvalue weighted by molar-refractivity contribution is -0.0959. The standard InChI is InChI=1S/C15H18ClNO2S/c16-13-2-1-12(10-17-13)14(18)11-3-6-19-15(9-11)4-7-20-8-5-15/h1-2,10-11H,3-9H2. The Kier molecular flexibility index (Phi) is 4.34. The number of Topliss-reactive ketones (excluding diaryl/α,β-unsaturated/α-hetero) is 1. The molecule has 1 aromatic heterocycles. The SMILES string of the molecule is O=C(c1ccc(Cl)nc1)C1CCOC2(CCSCC2)C1. The van der Waals surface area contributed by atoms with Gasteiger partial charge in [-0.15, -0.1) is 0 Å². The Labute approximate surface area is 128 Å². The lowest BCUT2D eigenvalue weighted by atomic mass is 9.79. The Hall–Kier alpha value is -0.580. The van der Waals surface area contributed by atoms with Crippen LogP contribution in [0, 0.1) is 5.92 Å². The van der Waals surface area contributed by atoms with E-state index < -0.39 is 0 Å². The molecule has 2 aliphatic heterocycles. The van der Waals surface area contributed by atoms with Crippen molar-refractivity contribution in [2.45, 2.75) is 31.3 Å². The molecule has 1 unspecified atom stereocenters. The van der Waals surface area contributed by atoms with Gasteiger partial charge in [0.05, 0.1) is 5.60 Å². The number of aromatic nitrogens is 1. The molecule has 0 radical (unpaired) electrons. The number of carbonyl (C=O) groups excluding carboxylic acids is 1. The van der Waals surface area contributed by atoms with Crippen LogP contribution < -0.4 is 0 Å². The smallest absolute Gasteiger partial charge is 0.167 e. The fourth-order valence-corrected chi connectivity index (χ4v) is 4.45. The second-order valence-corrected chi connectivity index (χ2v) is 7.18. The van der Waals surface area contributed by atoms with E-state index in [0.717, 1.165) is 37.2 Å². The summed E-state index contributed by atoms with van der Waals surface area (Å²) in [7, 11) is 0. The van der Waals surface area contributed by atoms with Gasteiger partial charge in [-0.2, -0.15) is 11.8 Å². The molecule has 2 saturated heterocycles. The molecule has 2 fully saturated rings. The van der Waals surface area contributed by atoms with Gasteiger partial charge in [-0.1, -0.05) is 11.6 Å². The van der Waals surface area contributed by atoms with Crippen molar-refractivity contribution in [3.63, 3.8) is 0 Å². The zero-order valence-electron chi connectivity index (χ0n) is 11.3. The molecule has 108 valence electrons. The first-order valence-corrected chi connectivity index (χ1v) is 8.59. The average molecular weight is 312 g/mol. The van der Waals surface area contributed by atoms with Crippen LogP contribution in [0.4, 0.5) is 0 Å².